The maximum Gasteiger partial charge on any atom is 0.391 e. The molecule has 0 amide bonds. The third kappa shape index (κ3) is 3.48. The molecule has 0 unspecified atom stereocenters. The fraction of sp³-hybridized carbons (Fsp3) is 0.474. The van der Waals surface area contributed by atoms with E-state index >= 15 is 0 Å². The smallest absolute Gasteiger partial charge is 0.391 e. The first-order chi connectivity index (χ1) is 11.8. The van der Waals surface area contributed by atoms with E-state index in [4.69, 9.17) is 0 Å². The molecule has 6 heteroatoms. The summed E-state index contributed by atoms with van der Waals surface area (Å²) < 4.78 is 38.1. The van der Waals surface area contributed by atoms with E-state index in [9.17, 15) is 27.9 Å². The molecule has 1 N–H and O–H groups in total. The molecule has 2 aliphatic carbocycles. The van der Waals surface area contributed by atoms with E-state index in [1.165, 1.54) is 6.07 Å². The van der Waals surface area contributed by atoms with Crippen molar-refractivity contribution in [2.24, 2.45) is 11.8 Å². The number of halogens is 3. The highest BCUT2D eigenvalue weighted by molar-refractivity contribution is 6.52. The average molecular weight is 352 g/mol. The molecule has 0 atom stereocenters. The van der Waals surface area contributed by atoms with Crippen LogP contribution in [-0.4, -0.2) is 22.8 Å². The van der Waals surface area contributed by atoms with E-state index < -0.39 is 23.7 Å². The fourth-order valence-electron chi connectivity index (χ4n) is 3.78. The van der Waals surface area contributed by atoms with E-state index in [2.05, 4.69) is 0 Å². The van der Waals surface area contributed by atoms with E-state index in [0.717, 1.165) is 0 Å². The van der Waals surface area contributed by atoms with Gasteiger partial charge in [-0.1, -0.05) is 24.3 Å². The summed E-state index contributed by atoms with van der Waals surface area (Å²) in [6, 6.07) is 6.39. The fourth-order valence-corrected chi connectivity index (χ4v) is 3.78. The van der Waals surface area contributed by atoms with Crippen molar-refractivity contribution >= 4 is 17.3 Å². The van der Waals surface area contributed by atoms with Crippen LogP contribution in [0.5, 0.6) is 0 Å². The Bertz CT molecular complexity index is 726. The number of rotatable bonds is 3. The molecule has 3 nitrogen and oxygen atoms in total. The van der Waals surface area contributed by atoms with Gasteiger partial charge in [-0.25, -0.2) is 0 Å². The lowest BCUT2D eigenvalue weighted by Crippen LogP contribution is -2.28. The molecule has 1 aromatic rings. The summed E-state index contributed by atoms with van der Waals surface area (Å²) in [6.45, 7) is 0. The SMILES string of the molecule is O=C1C(=O)c2ccccc2C(O)=C1CCC1CCC(C(F)(F)F)CC1. The number of Topliss-reactive ketones (excluding diaryl/α,β-unsaturated/α-hetero) is 2. The highest BCUT2D eigenvalue weighted by atomic mass is 19.4. The number of aliphatic hydroxyl groups is 1. The zero-order chi connectivity index (χ0) is 18.2. The Labute approximate surface area is 143 Å². The quantitative estimate of drug-likeness (QED) is 0.790. The summed E-state index contributed by atoms with van der Waals surface area (Å²) in [5.74, 6) is -2.67. The molecule has 1 aromatic carbocycles. The van der Waals surface area contributed by atoms with Gasteiger partial charge in [-0.05, 0) is 44.4 Å². The number of hydrogen-bond acceptors (Lipinski definition) is 3. The molecule has 2 aliphatic rings. The van der Waals surface area contributed by atoms with Crippen molar-refractivity contribution in [3.05, 3.63) is 41.0 Å². The van der Waals surface area contributed by atoms with Crippen molar-refractivity contribution in [1.82, 2.24) is 0 Å². The molecule has 3 rings (SSSR count). The summed E-state index contributed by atoms with van der Waals surface area (Å²) in [4.78, 5) is 24.4. The topological polar surface area (TPSA) is 54.4 Å². The number of benzene rings is 1. The predicted molar refractivity (Wildman–Crippen MR) is 86.1 cm³/mol. The zero-order valence-corrected chi connectivity index (χ0v) is 13.6. The van der Waals surface area contributed by atoms with Gasteiger partial charge in [0.05, 0.1) is 5.92 Å². The van der Waals surface area contributed by atoms with Crippen molar-refractivity contribution in [1.29, 1.82) is 0 Å². The van der Waals surface area contributed by atoms with Gasteiger partial charge in [0.1, 0.15) is 5.76 Å². The molecule has 0 bridgehead atoms. The van der Waals surface area contributed by atoms with Gasteiger partial charge in [-0.15, -0.1) is 0 Å². The second-order valence-electron chi connectivity index (χ2n) is 6.83. The van der Waals surface area contributed by atoms with E-state index in [1.807, 2.05) is 0 Å². The minimum absolute atomic E-state index is 0.0824. The number of allylic oxidation sites excluding steroid dienone is 1. The lowest BCUT2D eigenvalue weighted by molar-refractivity contribution is -0.184. The van der Waals surface area contributed by atoms with Gasteiger partial charge in [0.25, 0.3) is 0 Å². The first kappa shape index (κ1) is 17.7. The standard InChI is InChI=1S/C19H19F3O3/c20-19(21,22)12-8-5-11(6-9-12)7-10-15-16(23)13-3-1-2-4-14(13)17(24)18(15)25/h1-4,11-12,23H,5-10H2. The highest BCUT2D eigenvalue weighted by Crippen LogP contribution is 2.41. The summed E-state index contributed by atoms with van der Waals surface area (Å²) in [5.41, 5.74) is 0.629. The van der Waals surface area contributed by atoms with E-state index in [0.29, 0.717) is 24.8 Å². The first-order valence-electron chi connectivity index (χ1n) is 8.46. The molecule has 1 saturated carbocycles. The first-order valence-corrected chi connectivity index (χ1v) is 8.46. The van der Waals surface area contributed by atoms with Crippen LogP contribution < -0.4 is 0 Å². The molecular formula is C19H19F3O3. The molecule has 134 valence electrons. The van der Waals surface area contributed by atoms with Gasteiger partial charge in [-0.3, -0.25) is 9.59 Å². The van der Waals surface area contributed by atoms with Gasteiger partial charge in [0, 0.05) is 16.7 Å². The Morgan fingerprint density at radius 2 is 1.56 bits per heavy atom. The van der Waals surface area contributed by atoms with Crippen LogP contribution in [0.15, 0.2) is 29.8 Å². The summed E-state index contributed by atoms with van der Waals surface area (Å²) in [7, 11) is 0. The maximum atomic E-state index is 12.7. The predicted octanol–water partition coefficient (Wildman–Crippen LogP) is 4.87. The van der Waals surface area contributed by atoms with Crippen LogP contribution in [0, 0.1) is 11.8 Å². The number of carbonyl (C=O) groups is 2. The Balaban J connectivity index is 1.68. The van der Waals surface area contributed by atoms with Crippen LogP contribution >= 0.6 is 0 Å². The van der Waals surface area contributed by atoms with Gasteiger partial charge in [-0.2, -0.15) is 13.2 Å². The number of ketones is 2. The summed E-state index contributed by atoms with van der Waals surface area (Å²) >= 11 is 0. The monoisotopic (exact) mass is 352 g/mol. The number of carbonyl (C=O) groups excluding carboxylic acids is 2. The van der Waals surface area contributed by atoms with Crippen LogP contribution in [0.2, 0.25) is 0 Å². The highest BCUT2D eigenvalue weighted by Gasteiger charge is 2.41. The minimum Gasteiger partial charge on any atom is -0.507 e. The third-order valence-corrected chi connectivity index (χ3v) is 5.31. The van der Waals surface area contributed by atoms with Crippen molar-refractivity contribution in [3.8, 4) is 0 Å². The Morgan fingerprint density at radius 3 is 2.16 bits per heavy atom. The number of aliphatic hydroxyl groups excluding tert-OH is 1. The zero-order valence-electron chi connectivity index (χ0n) is 13.6. The van der Waals surface area contributed by atoms with Crippen LogP contribution in [0.1, 0.15) is 54.4 Å². The number of hydrogen-bond donors (Lipinski definition) is 1. The van der Waals surface area contributed by atoms with Crippen LogP contribution in [0.25, 0.3) is 5.76 Å². The van der Waals surface area contributed by atoms with Gasteiger partial charge >= 0.3 is 6.18 Å². The van der Waals surface area contributed by atoms with Gasteiger partial charge in [0.15, 0.2) is 0 Å². The molecule has 0 spiro atoms. The van der Waals surface area contributed by atoms with Gasteiger partial charge in [0.2, 0.25) is 11.6 Å². The van der Waals surface area contributed by atoms with Crippen molar-refractivity contribution in [2.45, 2.75) is 44.7 Å². The Morgan fingerprint density at radius 1 is 0.960 bits per heavy atom. The van der Waals surface area contributed by atoms with Crippen molar-refractivity contribution in [3.63, 3.8) is 0 Å². The van der Waals surface area contributed by atoms with Crippen molar-refractivity contribution < 1.29 is 27.9 Å². The van der Waals surface area contributed by atoms with Gasteiger partial charge < -0.3 is 5.11 Å². The lowest BCUT2D eigenvalue weighted by Gasteiger charge is -2.30. The third-order valence-electron chi connectivity index (χ3n) is 5.31. The molecule has 0 aromatic heterocycles. The second kappa shape index (κ2) is 6.65. The maximum absolute atomic E-state index is 12.7. The Hall–Kier alpha value is -2.11. The summed E-state index contributed by atoms with van der Waals surface area (Å²) in [5, 5.41) is 10.3. The average Bonchev–Trinajstić information content (AvgIpc) is 2.59. The molecule has 0 saturated heterocycles. The van der Waals surface area contributed by atoms with E-state index in [-0.39, 0.29) is 42.1 Å². The molecular weight excluding hydrogens is 333 g/mol. The minimum atomic E-state index is -4.14. The van der Waals surface area contributed by atoms with E-state index in [1.54, 1.807) is 18.2 Å². The molecule has 0 heterocycles. The molecule has 25 heavy (non-hydrogen) atoms. The number of fused-ring (bicyclic) bond motifs is 1. The van der Waals surface area contributed by atoms with Crippen LogP contribution in [-0.2, 0) is 4.79 Å². The van der Waals surface area contributed by atoms with Crippen molar-refractivity contribution in [2.75, 3.05) is 0 Å². The van der Waals surface area contributed by atoms with Crippen LogP contribution in [0.4, 0.5) is 13.2 Å². The molecule has 0 radical (unpaired) electrons. The molecule has 1 fully saturated rings. The second-order valence-corrected chi connectivity index (χ2v) is 6.83. The number of alkyl halides is 3. The Kier molecular flexibility index (Phi) is 4.71. The van der Waals surface area contributed by atoms with Crippen LogP contribution in [0.3, 0.4) is 0 Å². The summed E-state index contributed by atoms with van der Waals surface area (Å²) in [6.07, 6.45) is -2.30. The lowest BCUT2D eigenvalue weighted by atomic mass is 9.78. The normalized spacial score (nSPS) is 24.4. The largest absolute Gasteiger partial charge is 0.507 e. The molecule has 0 aliphatic heterocycles.